The third-order valence-corrected chi connectivity index (χ3v) is 2.79. The van der Waals surface area contributed by atoms with Gasteiger partial charge in [0.25, 0.3) is 5.91 Å². The van der Waals surface area contributed by atoms with E-state index in [2.05, 4.69) is 15.3 Å². The lowest BCUT2D eigenvalue weighted by Gasteiger charge is -2.16. The van der Waals surface area contributed by atoms with E-state index in [9.17, 15) is 9.18 Å². The monoisotopic (exact) mass is 274 g/mol. The lowest BCUT2D eigenvalue weighted by Crippen LogP contribution is -2.27. The van der Waals surface area contributed by atoms with Gasteiger partial charge in [0, 0.05) is 20.6 Å². The van der Waals surface area contributed by atoms with E-state index in [1.807, 2.05) is 0 Å². The van der Waals surface area contributed by atoms with E-state index in [0.29, 0.717) is 12.4 Å². The minimum atomic E-state index is -0.296. The Labute approximate surface area is 116 Å². The summed E-state index contributed by atoms with van der Waals surface area (Å²) in [6.45, 7) is 0.380. The first kappa shape index (κ1) is 13.9. The van der Waals surface area contributed by atoms with Crippen LogP contribution in [0.4, 0.5) is 10.2 Å². The molecular weight excluding hydrogens is 259 g/mol. The largest absolute Gasteiger partial charge is 0.372 e. The standard InChI is InChI=1S/C14H15FN4O/c1-16-13-8-17-7-12(18-13)14(20)19(2)9-10-3-5-11(15)6-4-10/h3-8H,9H2,1-2H3,(H,16,18). The summed E-state index contributed by atoms with van der Waals surface area (Å²) in [6.07, 6.45) is 2.96. The van der Waals surface area contributed by atoms with Gasteiger partial charge < -0.3 is 10.2 Å². The molecule has 0 aliphatic rings. The molecule has 2 aromatic rings. The van der Waals surface area contributed by atoms with Gasteiger partial charge in [-0.05, 0) is 17.7 Å². The molecule has 20 heavy (non-hydrogen) atoms. The summed E-state index contributed by atoms with van der Waals surface area (Å²) in [6, 6.07) is 6.04. The molecule has 6 heteroatoms. The van der Waals surface area contributed by atoms with Gasteiger partial charge in [0.05, 0.1) is 12.4 Å². The molecule has 0 atom stereocenters. The van der Waals surface area contributed by atoms with Gasteiger partial charge in [-0.2, -0.15) is 0 Å². The Bertz CT molecular complexity index is 600. The molecule has 0 saturated carbocycles. The predicted molar refractivity (Wildman–Crippen MR) is 73.8 cm³/mol. The number of benzene rings is 1. The second-order valence-electron chi connectivity index (χ2n) is 4.33. The molecule has 0 fully saturated rings. The summed E-state index contributed by atoms with van der Waals surface area (Å²) in [5.74, 6) is 0.000254. The highest BCUT2D eigenvalue weighted by Gasteiger charge is 2.14. The van der Waals surface area contributed by atoms with Crippen molar-refractivity contribution in [3.8, 4) is 0 Å². The Morgan fingerprint density at radius 3 is 2.65 bits per heavy atom. The van der Waals surface area contributed by atoms with Crippen molar-refractivity contribution in [2.75, 3.05) is 19.4 Å². The van der Waals surface area contributed by atoms with Gasteiger partial charge in [0.2, 0.25) is 0 Å². The highest BCUT2D eigenvalue weighted by molar-refractivity contribution is 5.92. The maximum atomic E-state index is 12.8. The molecule has 1 aromatic heterocycles. The van der Waals surface area contributed by atoms with Crippen molar-refractivity contribution in [3.05, 3.63) is 53.7 Å². The van der Waals surface area contributed by atoms with E-state index < -0.39 is 0 Å². The van der Waals surface area contributed by atoms with Crippen LogP contribution in [0.5, 0.6) is 0 Å². The lowest BCUT2D eigenvalue weighted by molar-refractivity contribution is 0.0779. The molecule has 0 bridgehead atoms. The van der Waals surface area contributed by atoms with Gasteiger partial charge in [-0.1, -0.05) is 12.1 Å². The van der Waals surface area contributed by atoms with Crippen molar-refractivity contribution in [1.29, 1.82) is 0 Å². The number of rotatable bonds is 4. The average Bonchev–Trinajstić information content (AvgIpc) is 2.48. The number of hydrogen-bond donors (Lipinski definition) is 1. The molecule has 0 saturated heterocycles. The van der Waals surface area contributed by atoms with E-state index in [0.717, 1.165) is 5.56 Å². The fraction of sp³-hybridized carbons (Fsp3) is 0.214. The number of nitrogens with one attached hydrogen (secondary N) is 1. The Morgan fingerprint density at radius 2 is 2.00 bits per heavy atom. The third kappa shape index (κ3) is 3.28. The van der Waals surface area contributed by atoms with E-state index >= 15 is 0 Å². The SMILES string of the molecule is CNc1cncc(C(=O)N(C)Cc2ccc(F)cc2)n1. The first-order chi connectivity index (χ1) is 9.60. The van der Waals surface area contributed by atoms with Crippen LogP contribution in [0, 0.1) is 5.82 Å². The zero-order chi connectivity index (χ0) is 14.5. The number of amides is 1. The van der Waals surface area contributed by atoms with Crippen molar-refractivity contribution < 1.29 is 9.18 Å². The number of carbonyl (C=O) groups excluding carboxylic acids is 1. The van der Waals surface area contributed by atoms with Crippen LogP contribution in [0.3, 0.4) is 0 Å². The summed E-state index contributed by atoms with van der Waals surface area (Å²) < 4.78 is 12.8. The van der Waals surface area contributed by atoms with Crippen molar-refractivity contribution in [1.82, 2.24) is 14.9 Å². The Hall–Kier alpha value is -2.50. The van der Waals surface area contributed by atoms with E-state index in [1.54, 1.807) is 26.2 Å². The van der Waals surface area contributed by atoms with Gasteiger partial charge >= 0.3 is 0 Å². The molecule has 1 aromatic carbocycles. The van der Waals surface area contributed by atoms with Crippen molar-refractivity contribution in [2.24, 2.45) is 0 Å². The Balaban J connectivity index is 2.09. The zero-order valence-electron chi connectivity index (χ0n) is 11.3. The molecule has 0 radical (unpaired) electrons. The highest BCUT2D eigenvalue weighted by atomic mass is 19.1. The zero-order valence-corrected chi connectivity index (χ0v) is 11.3. The van der Waals surface area contributed by atoms with Crippen LogP contribution >= 0.6 is 0 Å². The van der Waals surface area contributed by atoms with Crippen LogP contribution in [0.1, 0.15) is 16.1 Å². The first-order valence-electron chi connectivity index (χ1n) is 6.10. The maximum absolute atomic E-state index is 12.8. The number of carbonyl (C=O) groups is 1. The highest BCUT2D eigenvalue weighted by Crippen LogP contribution is 2.09. The molecule has 1 amide bonds. The summed E-state index contributed by atoms with van der Waals surface area (Å²) in [7, 11) is 3.37. The molecular formula is C14H15FN4O. The van der Waals surface area contributed by atoms with Crippen LogP contribution < -0.4 is 5.32 Å². The van der Waals surface area contributed by atoms with Gasteiger partial charge in [-0.3, -0.25) is 9.78 Å². The van der Waals surface area contributed by atoms with E-state index in [1.165, 1.54) is 29.4 Å². The van der Waals surface area contributed by atoms with Crippen LogP contribution in [0.25, 0.3) is 0 Å². The van der Waals surface area contributed by atoms with Crippen LogP contribution in [-0.4, -0.2) is 34.9 Å². The predicted octanol–water partition coefficient (Wildman–Crippen LogP) is 1.93. The van der Waals surface area contributed by atoms with Crippen LogP contribution in [0.2, 0.25) is 0 Å². The third-order valence-electron chi connectivity index (χ3n) is 2.79. The number of hydrogen-bond acceptors (Lipinski definition) is 4. The molecule has 0 unspecified atom stereocenters. The minimum absolute atomic E-state index is 0.237. The second-order valence-corrected chi connectivity index (χ2v) is 4.33. The average molecular weight is 274 g/mol. The second kappa shape index (κ2) is 6.10. The van der Waals surface area contributed by atoms with Crippen molar-refractivity contribution >= 4 is 11.7 Å². The normalized spacial score (nSPS) is 10.2. The molecule has 5 nitrogen and oxygen atoms in total. The van der Waals surface area contributed by atoms with Crippen LogP contribution in [-0.2, 0) is 6.54 Å². The summed E-state index contributed by atoms with van der Waals surface area (Å²) in [4.78, 5) is 21.8. The fourth-order valence-corrected chi connectivity index (χ4v) is 1.72. The molecule has 1 heterocycles. The molecule has 1 N–H and O–H groups in total. The molecule has 0 aliphatic carbocycles. The van der Waals surface area contributed by atoms with Crippen LogP contribution in [0.15, 0.2) is 36.7 Å². The fourth-order valence-electron chi connectivity index (χ4n) is 1.72. The molecule has 0 spiro atoms. The topological polar surface area (TPSA) is 58.1 Å². The summed E-state index contributed by atoms with van der Waals surface area (Å²) >= 11 is 0. The Morgan fingerprint density at radius 1 is 1.30 bits per heavy atom. The smallest absolute Gasteiger partial charge is 0.274 e. The van der Waals surface area contributed by atoms with Crippen molar-refractivity contribution in [3.63, 3.8) is 0 Å². The van der Waals surface area contributed by atoms with E-state index in [4.69, 9.17) is 0 Å². The first-order valence-corrected chi connectivity index (χ1v) is 6.10. The Kier molecular flexibility index (Phi) is 4.24. The van der Waals surface area contributed by atoms with Gasteiger partial charge in [0.1, 0.15) is 17.3 Å². The van der Waals surface area contributed by atoms with Gasteiger partial charge in [-0.15, -0.1) is 0 Å². The minimum Gasteiger partial charge on any atom is -0.372 e. The van der Waals surface area contributed by atoms with Gasteiger partial charge in [-0.25, -0.2) is 9.37 Å². The number of halogens is 1. The summed E-state index contributed by atoms with van der Waals surface area (Å²) in [5.41, 5.74) is 1.11. The maximum Gasteiger partial charge on any atom is 0.274 e. The summed E-state index contributed by atoms with van der Waals surface area (Å²) in [5, 5.41) is 2.83. The molecule has 0 aliphatic heterocycles. The lowest BCUT2D eigenvalue weighted by atomic mass is 10.2. The van der Waals surface area contributed by atoms with E-state index in [-0.39, 0.29) is 17.4 Å². The molecule has 104 valence electrons. The number of aromatic nitrogens is 2. The molecule has 2 rings (SSSR count). The number of nitrogens with zero attached hydrogens (tertiary/aromatic N) is 3. The van der Waals surface area contributed by atoms with Crippen molar-refractivity contribution in [2.45, 2.75) is 6.54 Å². The quantitative estimate of drug-likeness (QED) is 0.925. The number of anilines is 1. The van der Waals surface area contributed by atoms with Gasteiger partial charge in [0.15, 0.2) is 0 Å².